The first-order valence-corrected chi connectivity index (χ1v) is 11.7. The molecule has 1 amide bonds. The number of thiocarbonyl (C=S) groups is 1. The van der Waals surface area contributed by atoms with Gasteiger partial charge in [0, 0.05) is 42.3 Å². The van der Waals surface area contributed by atoms with E-state index in [0.29, 0.717) is 10.8 Å². The minimum Gasteiger partial charge on any atom is -0.375 e. The van der Waals surface area contributed by atoms with Gasteiger partial charge in [0.25, 0.3) is 0 Å². The van der Waals surface area contributed by atoms with Crippen molar-refractivity contribution in [1.82, 2.24) is 14.9 Å². The van der Waals surface area contributed by atoms with Crippen LogP contribution in [0.15, 0.2) is 97.3 Å². The van der Waals surface area contributed by atoms with Crippen molar-refractivity contribution in [2.45, 2.75) is 12.1 Å². The van der Waals surface area contributed by atoms with Crippen molar-refractivity contribution in [2.24, 2.45) is 0 Å². The highest BCUT2D eigenvalue weighted by atomic mass is 32.1. The van der Waals surface area contributed by atoms with Crippen molar-refractivity contribution in [2.75, 3.05) is 23.9 Å². The third-order valence-electron chi connectivity index (χ3n) is 5.92. The molecule has 0 aliphatic carbocycles. The van der Waals surface area contributed by atoms with Gasteiger partial charge in [0.15, 0.2) is 5.11 Å². The Morgan fingerprint density at radius 2 is 1.77 bits per heavy atom. The minimum absolute atomic E-state index is 0.00614. The molecular weight excluding hydrogens is 458 g/mol. The van der Waals surface area contributed by atoms with Crippen molar-refractivity contribution in [3.8, 4) is 5.69 Å². The number of para-hydroxylation sites is 1. The number of nitrogens with zero attached hydrogens (tertiary/aromatic N) is 3. The van der Waals surface area contributed by atoms with E-state index in [2.05, 4.69) is 49.5 Å². The van der Waals surface area contributed by atoms with E-state index in [1.54, 1.807) is 6.20 Å². The molecule has 1 aliphatic rings. The molecule has 0 spiro atoms. The first-order valence-electron chi connectivity index (χ1n) is 11.3. The van der Waals surface area contributed by atoms with Crippen LogP contribution in [0.3, 0.4) is 0 Å². The van der Waals surface area contributed by atoms with Crippen LogP contribution in [0.1, 0.15) is 23.5 Å². The number of carbonyl (C=O) groups is 1. The van der Waals surface area contributed by atoms with Crippen LogP contribution in [-0.2, 0) is 9.53 Å². The largest absolute Gasteiger partial charge is 0.375 e. The van der Waals surface area contributed by atoms with Crippen LogP contribution in [0.4, 0.5) is 11.4 Å². The van der Waals surface area contributed by atoms with E-state index in [1.807, 2.05) is 66.7 Å². The van der Waals surface area contributed by atoms with Gasteiger partial charge in [0.2, 0.25) is 5.91 Å². The highest BCUT2D eigenvalue weighted by Gasteiger charge is 2.42. The summed E-state index contributed by atoms with van der Waals surface area (Å²) in [6.07, 6.45) is 3.86. The minimum atomic E-state index is -0.201. The molecule has 0 unspecified atom stereocenters. The Balaban J connectivity index is 1.55. The summed E-state index contributed by atoms with van der Waals surface area (Å²) >= 11 is 5.84. The molecule has 2 aromatic heterocycles. The molecule has 5 rings (SSSR count). The maximum atomic E-state index is 11.9. The van der Waals surface area contributed by atoms with Crippen molar-refractivity contribution in [1.29, 1.82) is 0 Å². The first-order chi connectivity index (χ1) is 17.2. The molecule has 0 bridgehead atoms. The average molecular weight is 484 g/mol. The smallest absolute Gasteiger partial charge is 0.250 e. The fourth-order valence-electron chi connectivity index (χ4n) is 4.43. The topological polar surface area (TPSA) is 71.4 Å². The van der Waals surface area contributed by atoms with Gasteiger partial charge in [-0.25, -0.2) is 0 Å². The van der Waals surface area contributed by atoms with Gasteiger partial charge in [-0.2, -0.15) is 0 Å². The molecule has 2 N–H and O–H groups in total. The van der Waals surface area contributed by atoms with Crippen molar-refractivity contribution in [3.05, 3.63) is 109 Å². The Hall–Kier alpha value is -4.01. The normalized spacial score (nSPS) is 17.3. The lowest BCUT2D eigenvalue weighted by molar-refractivity contribution is -0.119. The molecule has 3 heterocycles. The summed E-state index contributed by atoms with van der Waals surface area (Å²) in [5.41, 5.74) is 4.67. The van der Waals surface area contributed by atoms with Crippen molar-refractivity contribution < 1.29 is 9.53 Å². The maximum absolute atomic E-state index is 11.9. The predicted molar refractivity (Wildman–Crippen MR) is 141 cm³/mol. The zero-order valence-corrected chi connectivity index (χ0v) is 20.0. The van der Waals surface area contributed by atoms with Gasteiger partial charge >= 0.3 is 0 Å². The number of hydrogen-bond donors (Lipinski definition) is 2. The van der Waals surface area contributed by atoms with Gasteiger partial charge in [-0.05, 0) is 72.9 Å². The summed E-state index contributed by atoms with van der Waals surface area (Å²) < 4.78 is 7.08. The van der Waals surface area contributed by atoms with E-state index in [4.69, 9.17) is 17.0 Å². The van der Waals surface area contributed by atoms with Gasteiger partial charge in [0.05, 0.1) is 11.7 Å². The molecule has 1 saturated heterocycles. The van der Waals surface area contributed by atoms with Gasteiger partial charge in [0.1, 0.15) is 12.6 Å². The second kappa shape index (κ2) is 10.1. The van der Waals surface area contributed by atoms with Gasteiger partial charge in [-0.15, -0.1) is 0 Å². The Bertz CT molecular complexity index is 1310. The SMILES string of the molecule is COCC(=O)Nc1ccc(N2C(=S)N[C@H](c3ccccn3)[C@H]2c2cccn2-c2ccccc2)cc1. The zero-order valence-electron chi connectivity index (χ0n) is 19.2. The third-order valence-corrected chi connectivity index (χ3v) is 6.24. The molecule has 176 valence electrons. The molecule has 8 heteroatoms. The van der Waals surface area contributed by atoms with Crippen LogP contribution in [0.2, 0.25) is 0 Å². The molecular formula is C27H25N5O2S. The van der Waals surface area contributed by atoms with Gasteiger partial charge in [-0.3, -0.25) is 9.78 Å². The molecule has 7 nitrogen and oxygen atoms in total. The van der Waals surface area contributed by atoms with Crippen LogP contribution in [0, 0.1) is 0 Å². The highest BCUT2D eigenvalue weighted by molar-refractivity contribution is 7.80. The average Bonchev–Trinajstić information content (AvgIpc) is 3.50. The fourth-order valence-corrected chi connectivity index (χ4v) is 4.77. The molecule has 4 aromatic rings. The Morgan fingerprint density at radius 3 is 2.49 bits per heavy atom. The number of pyridine rings is 1. The van der Waals surface area contributed by atoms with E-state index >= 15 is 0 Å². The van der Waals surface area contributed by atoms with Crippen molar-refractivity contribution in [3.63, 3.8) is 0 Å². The lowest BCUT2D eigenvalue weighted by Gasteiger charge is -2.29. The summed E-state index contributed by atoms with van der Waals surface area (Å²) in [6, 6.07) is 27.7. The first kappa shape index (κ1) is 22.8. The monoisotopic (exact) mass is 483 g/mol. The zero-order chi connectivity index (χ0) is 24.2. The Labute approximate surface area is 209 Å². The number of hydrogen-bond acceptors (Lipinski definition) is 4. The van der Waals surface area contributed by atoms with E-state index in [1.165, 1.54) is 7.11 Å². The molecule has 2 atom stereocenters. The Kier molecular flexibility index (Phi) is 6.56. The number of benzene rings is 2. The van der Waals surface area contributed by atoms with Crippen LogP contribution in [0.25, 0.3) is 5.69 Å². The van der Waals surface area contributed by atoms with E-state index in [-0.39, 0.29) is 24.6 Å². The molecule has 1 aliphatic heterocycles. The summed E-state index contributed by atoms with van der Waals surface area (Å²) in [5.74, 6) is -0.201. The molecule has 35 heavy (non-hydrogen) atoms. The summed E-state index contributed by atoms with van der Waals surface area (Å²) in [4.78, 5) is 18.6. The van der Waals surface area contributed by atoms with E-state index in [9.17, 15) is 4.79 Å². The lowest BCUT2D eigenvalue weighted by Crippen LogP contribution is -2.30. The molecule has 2 aromatic carbocycles. The summed E-state index contributed by atoms with van der Waals surface area (Å²) in [6.45, 7) is 0.00614. The summed E-state index contributed by atoms with van der Waals surface area (Å²) in [7, 11) is 1.49. The Morgan fingerprint density at radius 1 is 1.00 bits per heavy atom. The molecule has 0 radical (unpaired) electrons. The van der Waals surface area contributed by atoms with Crippen LogP contribution in [-0.4, -0.2) is 34.3 Å². The number of amides is 1. The van der Waals surface area contributed by atoms with Crippen LogP contribution in [0.5, 0.6) is 0 Å². The predicted octanol–water partition coefficient (Wildman–Crippen LogP) is 4.63. The number of carbonyl (C=O) groups excluding carboxylic acids is 1. The highest BCUT2D eigenvalue weighted by Crippen LogP contribution is 2.42. The number of methoxy groups -OCH3 is 1. The fraction of sp³-hybridized carbons (Fsp3) is 0.148. The number of aromatic nitrogens is 2. The number of anilines is 2. The number of nitrogens with one attached hydrogen (secondary N) is 2. The third kappa shape index (κ3) is 4.66. The second-order valence-electron chi connectivity index (χ2n) is 8.16. The quantitative estimate of drug-likeness (QED) is 0.374. The van der Waals surface area contributed by atoms with E-state index in [0.717, 1.165) is 22.8 Å². The van der Waals surface area contributed by atoms with Gasteiger partial charge < -0.3 is 24.8 Å². The van der Waals surface area contributed by atoms with E-state index < -0.39 is 0 Å². The van der Waals surface area contributed by atoms with Crippen LogP contribution >= 0.6 is 12.2 Å². The second-order valence-corrected chi connectivity index (χ2v) is 8.55. The lowest BCUT2D eigenvalue weighted by atomic mass is 10.0. The van der Waals surface area contributed by atoms with Crippen molar-refractivity contribution >= 4 is 34.6 Å². The van der Waals surface area contributed by atoms with Gasteiger partial charge in [-0.1, -0.05) is 24.3 Å². The van der Waals surface area contributed by atoms with Crippen LogP contribution < -0.4 is 15.5 Å². The molecule has 1 fully saturated rings. The number of ether oxygens (including phenoxy) is 1. The standard InChI is InChI=1S/C27H25N5O2S/c1-34-18-24(33)29-19-12-14-21(15-13-19)32-26(25(30-27(32)35)22-10-5-6-16-28-22)23-11-7-17-31(23)20-8-3-2-4-9-20/h2-17,25-26H,18H2,1H3,(H,29,33)(H,30,35)/t25-,26-/m1/s1. The maximum Gasteiger partial charge on any atom is 0.250 e. The molecule has 0 saturated carbocycles. The summed E-state index contributed by atoms with van der Waals surface area (Å²) in [5, 5.41) is 6.94. The number of rotatable bonds is 7.